The van der Waals surface area contributed by atoms with Crippen molar-refractivity contribution in [2.45, 2.75) is 51.7 Å². The highest BCUT2D eigenvalue weighted by Crippen LogP contribution is 2.55. The largest absolute Gasteiger partial charge is 0.444 e. The van der Waals surface area contributed by atoms with E-state index in [4.69, 9.17) is 9.72 Å². The molecule has 1 aromatic carbocycles. The predicted octanol–water partition coefficient (Wildman–Crippen LogP) is 5.77. The molecule has 1 aliphatic heterocycles. The maximum Gasteiger partial charge on any atom is 0.410 e. The summed E-state index contributed by atoms with van der Waals surface area (Å²) in [5.41, 5.74) is 2.35. The van der Waals surface area contributed by atoms with E-state index >= 15 is 0 Å². The van der Waals surface area contributed by atoms with Crippen molar-refractivity contribution in [3.63, 3.8) is 0 Å². The second kappa shape index (κ2) is 9.20. The molecule has 0 bridgehead atoms. The first kappa shape index (κ1) is 24.5. The highest BCUT2D eigenvalue weighted by Gasteiger charge is 2.51. The van der Waals surface area contributed by atoms with E-state index in [0.717, 1.165) is 40.7 Å². The molecular weight excluding hydrogens is 500 g/mol. The average molecular weight is 531 g/mol. The topological polar surface area (TPSA) is 102 Å². The summed E-state index contributed by atoms with van der Waals surface area (Å²) in [5, 5.41) is 10.8. The van der Waals surface area contributed by atoms with Crippen LogP contribution in [0.3, 0.4) is 0 Å². The van der Waals surface area contributed by atoms with E-state index < -0.39 is 5.60 Å². The highest BCUT2D eigenvalue weighted by atomic mass is 32.1. The summed E-state index contributed by atoms with van der Waals surface area (Å²) in [4.78, 5) is 34.0. The number of hydrogen-bond donors (Lipinski definition) is 1. The third kappa shape index (κ3) is 4.64. The minimum atomic E-state index is -0.504. The molecule has 1 saturated heterocycles. The van der Waals surface area contributed by atoms with Gasteiger partial charge in [0.1, 0.15) is 5.60 Å². The van der Waals surface area contributed by atoms with Crippen molar-refractivity contribution in [1.29, 1.82) is 0 Å². The molecular formula is C28H30N6O3S. The zero-order valence-electron chi connectivity index (χ0n) is 21.7. The monoisotopic (exact) mass is 530 g/mol. The van der Waals surface area contributed by atoms with Gasteiger partial charge in [0.15, 0.2) is 0 Å². The van der Waals surface area contributed by atoms with Crippen LogP contribution in [0, 0.1) is 5.41 Å². The Bertz CT molecular complexity index is 1500. The Morgan fingerprint density at radius 2 is 1.92 bits per heavy atom. The van der Waals surface area contributed by atoms with Gasteiger partial charge in [0.05, 0.1) is 28.3 Å². The Kier molecular flexibility index (Phi) is 5.94. The fourth-order valence-electron chi connectivity index (χ4n) is 5.59. The minimum Gasteiger partial charge on any atom is -0.444 e. The first-order valence-corrected chi connectivity index (χ1v) is 13.6. The second-order valence-corrected chi connectivity index (χ2v) is 12.3. The summed E-state index contributed by atoms with van der Waals surface area (Å²) in [6.07, 6.45) is 5.89. The summed E-state index contributed by atoms with van der Waals surface area (Å²) in [7, 11) is 0. The van der Waals surface area contributed by atoms with Crippen LogP contribution in [-0.4, -0.2) is 55.3 Å². The van der Waals surface area contributed by atoms with Crippen molar-refractivity contribution in [3.8, 4) is 10.4 Å². The van der Waals surface area contributed by atoms with E-state index in [-0.39, 0.29) is 23.5 Å². The maximum atomic E-state index is 13.3. The van der Waals surface area contributed by atoms with Gasteiger partial charge in [-0.25, -0.2) is 9.78 Å². The Morgan fingerprint density at radius 1 is 1.11 bits per heavy atom. The third-order valence-electron chi connectivity index (χ3n) is 7.31. The highest BCUT2D eigenvalue weighted by molar-refractivity contribution is 7.17. The van der Waals surface area contributed by atoms with Gasteiger partial charge in [-0.05, 0) is 75.8 Å². The molecule has 10 heteroatoms. The lowest BCUT2D eigenvalue weighted by atomic mass is 9.65. The summed E-state index contributed by atoms with van der Waals surface area (Å²) < 4.78 is 7.76. The number of para-hydroxylation sites is 2. The van der Waals surface area contributed by atoms with Crippen LogP contribution in [0.15, 0.2) is 54.9 Å². The Balaban J connectivity index is 1.20. The zero-order valence-corrected chi connectivity index (χ0v) is 22.5. The molecule has 0 radical (unpaired) electrons. The van der Waals surface area contributed by atoms with Crippen molar-refractivity contribution in [2.75, 3.05) is 18.4 Å². The number of ether oxygens (including phenoxy) is 1. The molecule has 2 amide bonds. The zero-order chi connectivity index (χ0) is 26.5. The standard InChI is InChI=1S/C28H30N6O3S/c1-27(2,3)37-26(36)33-13-11-28(17-33)14-19(15-28)34-21-7-5-4-6-20(21)31-25(34)32-24(35)23-9-8-22(38-23)18-10-12-29-30-16-18/h4-10,12,16,19H,11,13-15,17H2,1-3H3,(H,31,32,35)/t19-,28-. The van der Waals surface area contributed by atoms with Gasteiger partial charge in [0.25, 0.3) is 5.91 Å². The van der Waals surface area contributed by atoms with E-state index in [9.17, 15) is 9.59 Å². The van der Waals surface area contributed by atoms with E-state index in [1.54, 1.807) is 12.4 Å². The van der Waals surface area contributed by atoms with E-state index in [0.29, 0.717) is 23.9 Å². The van der Waals surface area contributed by atoms with E-state index in [1.807, 2.05) is 68.1 Å². The van der Waals surface area contributed by atoms with Crippen molar-refractivity contribution in [1.82, 2.24) is 24.6 Å². The molecule has 2 fully saturated rings. The Morgan fingerprint density at radius 3 is 2.68 bits per heavy atom. The molecule has 6 rings (SSSR count). The average Bonchev–Trinajstić information content (AvgIpc) is 3.59. The molecule has 4 aromatic rings. The van der Waals surface area contributed by atoms with Crippen molar-refractivity contribution in [2.24, 2.45) is 5.41 Å². The fraction of sp³-hybridized carbons (Fsp3) is 0.393. The van der Waals surface area contributed by atoms with Crippen LogP contribution in [-0.2, 0) is 4.74 Å². The quantitative estimate of drug-likeness (QED) is 0.359. The van der Waals surface area contributed by atoms with Crippen molar-refractivity contribution < 1.29 is 14.3 Å². The molecule has 38 heavy (non-hydrogen) atoms. The number of aromatic nitrogens is 4. The first-order chi connectivity index (χ1) is 18.2. The predicted molar refractivity (Wildman–Crippen MR) is 146 cm³/mol. The van der Waals surface area contributed by atoms with E-state index in [2.05, 4.69) is 20.1 Å². The molecule has 0 unspecified atom stereocenters. The number of hydrogen-bond acceptors (Lipinski definition) is 7. The minimum absolute atomic E-state index is 0.0788. The fourth-order valence-corrected chi connectivity index (χ4v) is 6.48. The Labute approximate surface area is 224 Å². The molecule has 1 spiro atoms. The van der Waals surface area contributed by atoms with Crippen LogP contribution in [0.4, 0.5) is 10.7 Å². The first-order valence-electron chi connectivity index (χ1n) is 12.8. The summed E-state index contributed by atoms with van der Waals surface area (Å²) in [6.45, 7) is 7.09. The van der Waals surface area contributed by atoms with Crippen LogP contribution < -0.4 is 5.32 Å². The van der Waals surface area contributed by atoms with Gasteiger partial charge in [-0.2, -0.15) is 10.2 Å². The molecule has 0 atom stereocenters. The number of carbonyl (C=O) groups excluding carboxylic acids is 2. The number of nitrogens with one attached hydrogen (secondary N) is 1. The molecule has 1 N–H and O–H groups in total. The van der Waals surface area contributed by atoms with Gasteiger partial charge in [0, 0.05) is 29.6 Å². The normalized spacial score (nSPS) is 21.0. The van der Waals surface area contributed by atoms with Crippen LogP contribution in [0.25, 0.3) is 21.5 Å². The number of thiophene rings is 1. The summed E-state index contributed by atoms with van der Waals surface area (Å²) in [5.74, 6) is 0.365. The number of carbonyl (C=O) groups is 2. The van der Waals surface area contributed by atoms with Gasteiger partial charge in [0.2, 0.25) is 5.95 Å². The third-order valence-corrected chi connectivity index (χ3v) is 8.45. The molecule has 196 valence electrons. The molecule has 3 aromatic heterocycles. The lowest BCUT2D eigenvalue weighted by molar-refractivity contribution is 0.0199. The Hall–Kier alpha value is -3.79. The number of anilines is 1. The second-order valence-electron chi connectivity index (χ2n) is 11.3. The van der Waals surface area contributed by atoms with Gasteiger partial charge in [-0.15, -0.1) is 11.3 Å². The smallest absolute Gasteiger partial charge is 0.410 e. The number of benzene rings is 1. The van der Waals surface area contributed by atoms with Gasteiger partial charge in [-0.3, -0.25) is 10.1 Å². The number of rotatable bonds is 4. The van der Waals surface area contributed by atoms with Crippen molar-refractivity contribution >= 4 is 40.3 Å². The van der Waals surface area contributed by atoms with Gasteiger partial charge >= 0.3 is 6.09 Å². The van der Waals surface area contributed by atoms with Crippen LogP contribution >= 0.6 is 11.3 Å². The van der Waals surface area contributed by atoms with Crippen LogP contribution in [0.1, 0.15) is 55.7 Å². The molecule has 9 nitrogen and oxygen atoms in total. The molecule has 1 saturated carbocycles. The number of fused-ring (bicyclic) bond motifs is 1. The lowest BCUT2D eigenvalue weighted by Gasteiger charge is -2.46. The number of amides is 2. The van der Waals surface area contributed by atoms with Crippen LogP contribution in [0.2, 0.25) is 0 Å². The lowest BCUT2D eigenvalue weighted by Crippen LogP contribution is -2.43. The molecule has 2 aliphatic rings. The summed E-state index contributed by atoms with van der Waals surface area (Å²) in [6, 6.07) is 13.8. The number of likely N-dealkylation sites (tertiary alicyclic amines) is 1. The van der Waals surface area contributed by atoms with Gasteiger partial charge < -0.3 is 14.2 Å². The van der Waals surface area contributed by atoms with Crippen molar-refractivity contribution in [3.05, 3.63) is 59.7 Å². The maximum absolute atomic E-state index is 13.3. The van der Waals surface area contributed by atoms with E-state index in [1.165, 1.54) is 11.3 Å². The number of imidazole rings is 1. The SMILES string of the molecule is CC(C)(C)OC(=O)N1CC[C@]2(C1)C[C@H](n1c(NC(=O)c3ccc(-c4ccnnc4)s3)nc3ccccc31)C2. The molecule has 4 heterocycles. The summed E-state index contributed by atoms with van der Waals surface area (Å²) >= 11 is 1.41. The van der Waals surface area contributed by atoms with Crippen LogP contribution in [0.5, 0.6) is 0 Å². The molecule has 1 aliphatic carbocycles. The number of nitrogens with zero attached hydrogens (tertiary/aromatic N) is 5. The van der Waals surface area contributed by atoms with Gasteiger partial charge in [-0.1, -0.05) is 12.1 Å².